The van der Waals surface area contributed by atoms with Gasteiger partial charge in [0.2, 0.25) is 0 Å². The minimum absolute atomic E-state index is 0. The number of rotatable bonds is 4. The van der Waals surface area contributed by atoms with Crippen LogP contribution >= 0.6 is 24.0 Å². The molecule has 0 unspecified atom stereocenters. The second kappa shape index (κ2) is 5.41. The molecule has 0 radical (unpaired) electrons. The maximum atomic E-state index is 11.2. The van der Waals surface area contributed by atoms with E-state index in [1.807, 2.05) is 4.57 Å². The molecule has 2 aromatic rings. The van der Waals surface area contributed by atoms with E-state index in [1.54, 1.807) is 18.2 Å². The van der Waals surface area contributed by atoms with Crippen LogP contribution in [0, 0.1) is 5.92 Å². The Bertz CT molecular complexity index is 732. The summed E-state index contributed by atoms with van der Waals surface area (Å²) in [5.74, 6) is 0.823. The number of benzene rings is 1. The van der Waals surface area contributed by atoms with Crippen molar-refractivity contribution in [3.8, 4) is 0 Å². The zero-order valence-electron chi connectivity index (χ0n) is 11.8. The first-order valence-corrected chi connectivity index (χ1v) is 7.56. The monoisotopic (exact) mass is 342 g/mol. The molecule has 2 saturated heterocycles. The van der Waals surface area contributed by atoms with Crippen LogP contribution in [0.25, 0.3) is 11.0 Å². The normalized spacial score (nSPS) is 25.8. The summed E-state index contributed by atoms with van der Waals surface area (Å²) in [6, 6.07) is 4.98. The van der Waals surface area contributed by atoms with Gasteiger partial charge in [0, 0.05) is 0 Å². The molecule has 2 bridgehead atoms. The van der Waals surface area contributed by atoms with E-state index in [1.165, 1.54) is 0 Å². The summed E-state index contributed by atoms with van der Waals surface area (Å²) in [6.07, 6.45) is 2.15. The minimum atomic E-state index is -0.934. The minimum Gasteiger partial charge on any atom is -0.478 e. The van der Waals surface area contributed by atoms with Gasteiger partial charge in [-0.3, -0.25) is 0 Å². The SMILES string of the molecule is Cl.O=C(O)c1ccc2nc(CCl)n(CC34CC(CO3)C4)c2c1. The van der Waals surface area contributed by atoms with Crippen LogP contribution in [0.2, 0.25) is 0 Å². The summed E-state index contributed by atoms with van der Waals surface area (Å²) in [7, 11) is 0. The van der Waals surface area contributed by atoms with Crippen molar-refractivity contribution >= 4 is 41.0 Å². The summed E-state index contributed by atoms with van der Waals surface area (Å²) >= 11 is 6.01. The number of hydrogen-bond donors (Lipinski definition) is 1. The maximum absolute atomic E-state index is 11.2. The lowest BCUT2D eigenvalue weighted by Crippen LogP contribution is -2.41. The predicted molar refractivity (Wildman–Crippen MR) is 84.9 cm³/mol. The second-order valence-electron chi connectivity index (χ2n) is 6.02. The quantitative estimate of drug-likeness (QED) is 0.867. The molecule has 118 valence electrons. The van der Waals surface area contributed by atoms with Crippen molar-refractivity contribution in [3.63, 3.8) is 0 Å². The Labute approximate surface area is 138 Å². The van der Waals surface area contributed by atoms with E-state index in [4.69, 9.17) is 21.4 Å². The molecule has 0 atom stereocenters. The number of carbonyl (C=O) groups is 1. The maximum Gasteiger partial charge on any atom is 0.335 e. The lowest BCUT2D eigenvalue weighted by Gasteiger charge is -2.36. The summed E-state index contributed by atoms with van der Waals surface area (Å²) in [4.78, 5) is 15.7. The Morgan fingerprint density at radius 2 is 2.27 bits per heavy atom. The van der Waals surface area contributed by atoms with Gasteiger partial charge in [-0.05, 0) is 37.0 Å². The topological polar surface area (TPSA) is 64.3 Å². The van der Waals surface area contributed by atoms with Crippen molar-refractivity contribution in [1.82, 2.24) is 9.55 Å². The van der Waals surface area contributed by atoms with E-state index in [-0.39, 0.29) is 23.6 Å². The Balaban J connectivity index is 0.00000144. The number of fused-ring (bicyclic) bond motifs is 2. The first kappa shape index (κ1) is 15.6. The fourth-order valence-corrected chi connectivity index (χ4v) is 3.77. The Morgan fingerprint density at radius 3 is 2.86 bits per heavy atom. The summed E-state index contributed by atoms with van der Waals surface area (Å²) in [6.45, 7) is 1.54. The molecule has 1 aliphatic carbocycles. The fraction of sp³-hybridized carbons (Fsp3) is 0.467. The van der Waals surface area contributed by atoms with Crippen LogP contribution in [0.15, 0.2) is 18.2 Å². The molecular weight excluding hydrogens is 327 g/mol. The van der Waals surface area contributed by atoms with Crippen LogP contribution in [0.5, 0.6) is 0 Å². The van der Waals surface area contributed by atoms with Gasteiger partial charge in [-0.25, -0.2) is 9.78 Å². The van der Waals surface area contributed by atoms with Crippen molar-refractivity contribution in [1.29, 1.82) is 0 Å². The zero-order valence-corrected chi connectivity index (χ0v) is 13.4. The largest absolute Gasteiger partial charge is 0.478 e. The van der Waals surface area contributed by atoms with E-state index in [0.29, 0.717) is 18.3 Å². The Kier molecular flexibility index (Phi) is 3.83. The van der Waals surface area contributed by atoms with Gasteiger partial charge in [0.05, 0.1) is 41.2 Å². The third kappa shape index (κ3) is 2.28. The highest BCUT2D eigenvalue weighted by Crippen LogP contribution is 2.49. The van der Waals surface area contributed by atoms with Gasteiger partial charge in [0.1, 0.15) is 5.82 Å². The third-order valence-electron chi connectivity index (χ3n) is 4.59. The number of carboxylic acid groups (broad SMARTS) is 1. The number of aromatic nitrogens is 2. The smallest absolute Gasteiger partial charge is 0.335 e. The molecule has 3 heterocycles. The highest BCUT2D eigenvalue weighted by atomic mass is 35.5. The molecule has 0 spiro atoms. The van der Waals surface area contributed by atoms with Crippen molar-refractivity contribution in [2.45, 2.75) is 30.9 Å². The molecule has 2 aliphatic heterocycles. The van der Waals surface area contributed by atoms with Gasteiger partial charge in [0.25, 0.3) is 0 Å². The molecule has 1 aromatic carbocycles. The van der Waals surface area contributed by atoms with Crippen LogP contribution in [-0.4, -0.2) is 32.8 Å². The van der Waals surface area contributed by atoms with E-state index in [9.17, 15) is 4.79 Å². The molecule has 0 amide bonds. The molecule has 3 fully saturated rings. The lowest BCUT2D eigenvalue weighted by atomic mass is 9.74. The molecule has 1 aromatic heterocycles. The first-order chi connectivity index (χ1) is 10.1. The van der Waals surface area contributed by atoms with Crippen molar-refractivity contribution < 1.29 is 14.6 Å². The summed E-state index contributed by atoms with van der Waals surface area (Å²) < 4.78 is 7.93. The molecular formula is C15H16Cl2N2O3. The lowest BCUT2D eigenvalue weighted by molar-refractivity contribution is -0.0131. The van der Waals surface area contributed by atoms with Gasteiger partial charge >= 0.3 is 5.97 Å². The summed E-state index contributed by atoms with van der Waals surface area (Å²) in [5, 5.41) is 9.16. The predicted octanol–water partition coefficient (Wildman–Crippen LogP) is 3.07. The molecule has 5 nitrogen and oxygen atoms in total. The van der Waals surface area contributed by atoms with Gasteiger partial charge in [0.15, 0.2) is 0 Å². The standard InChI is InChI=1S/C15H15ClN2O3.ClH/c16-6-13-17-11-2-1-10(14(19)20)3-12(11)18(13)8-15-4-9(5-15)7-21-15;/h1-3,9H,4-8H2,(H,19,20);1H. The second-order valence-corrected chi connectivity index (χ2v) is 6.29. The van der Waals surface area contributed by atoms with Crippen LogP contribution in [0.4, 0.5) is 0 Å². The van der Waals surface area contributed by atoms with E-state index in [0.717, 1.165) is 36.3 Å². The van der Waals surface area contributed by atoms with Crippen molar-refractivity contribution in [2.24, 2.45) is 5.92 Å². The van der Waals surface area contributed by atoms with Crippen LogP contribution in [0.1, 0.15) is 29.0 Å². The van der Waals surface area contributed by atoms with Gasteiger partial charge in [-0.2, -0.15) is 0 Å². The Morgan fingerprint density at radius 1 is 1.50 bits per heavy atom. The van der Waals surface area contributed by atoms with E-state index in [2.05, 4.69) is 4.98 Å². The van der Waals surface area contributed by atoms with Crippen LogP contribution < -0.4 is 0 Å². The number of halogens is 2. The average molecular weight is 343 g/mol. The highest BCUT2D eigenvalue weighted by Gasteiger charge is 2.52. The number of nitrogens with zero attached hydrogens (tertiary/aromatic N) is 2. The molecule has 1 saturated carbocycles. The van der Waals surface area contributed by atoms with Gasteiger partial charge in [-0.1, -0.05) is 0 Å². The average Bonchev–Trinajstić information content (AvgIpc) is 3.11. The number of aromatic carboxylic acids is 1. The van der Waals surface area contributed by atoms with Gasteiger partial charge in [-0.15, -0.1) is 24.0 Å². The highest BCUT2D eigenvalue weighted by molar-refractivity contribution is 6.16. The molecule has 5 rings (SSSR count). The van der Waals surface area contributed by atoms with Crippen molar-refractivity contribution in [3.05, 3.63) is 29.6 Å². The zero-order chi connectivity index (χ0) is 14.6. The number of ether oxygens (including phenoxy) is 1. The van der Waals surface area contributed by atoms with Crippen molar-refractivity contribution in [2.75, 3.05) is 6.61 Å². The van der Waals surface area contributed by atoms with Gasteiger partial charge < -0.3 is 14.4 Å². The molecule has 22 heavy (non-hydrogen) atoms. The molecule has 7 heteroatoms. The molecule has 3 aliphatic rings. The number of hydrogen-bond acceptors (Lipinski definition) is 3. The molecule has 1 N–H and O–H groups in total. The van der Waals surface area contributed by atoms with Crippen LogP contribution in [0.3, 0.4) is 0 Å². The van der Waals surface area contributed by atoms with Crippen LogP contribution in [-0.2, 0) is 17.2 Å². The number of imidazole rings is 1. The van der Waals surface area contributed by atoms with E-state index < -0.39 is 5.97 Å². The summed E-state index contributed by atoms with van der Waals surface area (Å²) in [5.41, 5.74) is 1.76. The number of alkyl halides is 1. The number of carboxylic acids is 1. The fourth-order valence-electron chi connectivity index (χ4n) is 3.57. The first-order valence-electron chi connectivity index (χ1n) is 7.03. The third-order valence-corrected chi connectivity index (χ3v) is 4.83. The Hall–Kier alpha value is -1.30. The van der Waals surface area contributed by atoms with E-state index >= 15 is 0 Å².